The third kappa shape index (κ3) is 3.04. The van der Waals surface area contributed by atoms with E-state index in [1.807, 2.05) is 25.1 Å². The van der Waals surface area contributed by atoms with Gasteiger partial charge >= 0.3 is 0 Å². The number of para-hydroxylation sites is 2. The summed E-state index contributed by atoms with van der Waals surface area (Å²) < 4.78 is 0. The lowest BCUT2D eigenvalue weighted by Gasteiger charge is -2.28. The summed E-state index contributed by atoms with van der Waals surface area (Å²) in [6, 6.07) is 21.4. The zero-order chi connectivity index (χ0) is 22.4. The zero-order valence-electron chi connectivity index (χ0n) is 17.1. The minimum Gasteiger partial charge on any atom is -0.273 e. The fourth-order valence-corrected chi connectivity index (χ4v) is 4.38. The summed E-state index contributed by atoms with van der Waals surface area (Å²) in [5.74, 6) is -1.85. The van der Waals surface area contributed by atoms with Crippen LogP contribution >= 0.6 is 0 Å². The molecule has 0 aliphatic carbocycles. The smallest absolute Gasteiger partial charge is 0.273 e. The lowest BCUT2D eigenvalue weighted by molar-refractivity contribution is -0.385. The van der Waals surface area contributed by atoms with Crippen molar-refractivity contribution in [3.05, 3.63) is 100 Å². The molecule has 3 aromatic rings. The Balaban J connectivity index is 1.63. The number of nitrogens with zero attached hydrogens (tertiary/aromatic N) is 3. The average Bonchev–Trinajstić information content (AvgIpc) is 3.31. The van der Waals surface area contributed by atoms with E-state index >= 15 is 0 Å². The molecule has 8 nitrogen and oxygen atoms in total. The Hall–Kier alpha value is -4.04. The largest absolute Gasteiger partial charge is 0.274 e. The van der Waals surface area contributed by atoms with Gasteiger partial charge in [-0.05, 0) is 37.3 Å². The van der Waals surface area contributed by atoms with Crippen molar-refractivity contribution in [1.29, 1.82) is 0 Å². The first-order valence-electron chi connectivity index (χ1n) is 10.2. The first kappa shape index (κ1) is 19.9. The maximum atomic E-state index is 13.6. The summed E-state index contributed by atoms with van der Waals surface area (Å²) in [4.78, 5) is 45.3. The summed E-state index contributed by atoms with van der Waals surface area (Å²) in [5, 5.41) is 13.2. The van der Waals surface area contributed by atoms with E-state index in [0.717, 1.165) is 10.5 Å². The van der Waals surface area contributed by atoms with Crippen LogP contribution in [0.1, 0.15) is 17.2 Å². The highest BCUT2D eigenvalue weighted by Crippen LogP contribution is 2.49. The molecule has 2 saturated heterocycles. The van der Waals surface area contributed by atoms with Gasteiger partial charge in [0.25, 0.3) is 11.6 Å². The zero-order valence-corrected chi connectivity index (χ0v) is 17.1. The minimum atomic E-state index is -1.08. The summed E-state index contributed by atoms with van der Waals surface area (Å²) in [6.45, 7) is 1.91. The van der Waals surface area contributed by atoms with E-state index in [4.69, 9.17) is 4.84 Å². The van der Waals surface area contributed by atoms with E-state index in [-0.39, 0.29) is 5.69 Å². The van der Waals surface area contributed by atoms with E-state index in [1.54, 1.807) is 54.6 Å². The predicted octanol–water partition coefficient (Wildman–Crippen LogP) is 3.95. The van der Waals surface area contributed by atoms with Crippen molar-refractivity contribution in [3.63, 3.8) is 0 Å². The van der Waals surface area contributed by atoms with E-state index in [9.17, 15) is 19.7 Å². The molecule has 0 N–H and O–H groups in total. The number of hydrogen-bond acceptors (Lipinski definition) is 6. The van der Waals surface area contributed by atoms with Gasteiger partial charge in [0.1, 0.15) is 12.0 Å². The van der Waals surface area contributed by atoms with Crippen molar-refractivity contribution < 1.29 is 19.3 Å². The number of rotatable bonds is 4. The van der Waals surface area contributed by atoms with Crippen LogP contribution in [0.15, 0.2) is 78.9 Å². The lowest BCUT2D eigenvalue weighted by atomic mass is 9.89. The number of hydroxylamine groups is 1. The minimum absolute atomic E-state index is 0.128. The van der Waals surface area contributed by atoms with E-state index in [0.29, 0.717) is 16.9 Å². The van der Waals surface area contributed by atoms with Crippen LogP contribution in [0.2, 0.25) is 0 Å². The van der Waals surface area contributed by atoms with Gasteiger partial charge in [-0.1, -0.05) is 48.0 Å². The number of nitro benzene ring substituents is 1. The van der Waals surface area contributed by atoms with Crippen molar-refractivity contribution in [1.82, 2.24) is 0 Å². The molecule has 0 aromatic heterocycles. The van der Waals surface area contributed by atoms with E-state index in [1.165, 1.54) is 11.1 Å². The third-order valence-electron chi connectivity index (χ3n) is 5.87. The molecule has 5 rings (SSSR count). The quantitative estimate of drug-likeness (QED) is 0.354. The number of anilines is 2. The standard InChI is InChI=1S/C24H19N3O5/c1-15-11-13-16(14-12-15)25-23(28)20-21(18-9-5-6-10-19(18)27(30)31)26(32-22(20)24(25)29)17-7-3-2-4-8-17/h2-14,20-22H,1H3/t20-,21+,22+/m0/s1. The van der Waals surface area contributed by atoms with Crippen LogP contribution in [-0.4, -0.2) is 22.8 Å². The van der Waals surface area contributed by atoms with Crippen molar-refractivity contribution in [2.45, 2.75) is 19.1 Å². The number of amides is 2. The molecule has 2 heterocycles. The molecule has 2 aliphatic rings. The topological polar surface area (TPSA) is 93.0 Å². The molecule has 8 heteroatoms. The Morgan fingerprint density at radius 2 is 1.50 bits per heavy atom. The normalized spacial score (nSPS) is 22.3. The first-order chi connectivity index (χ1) is 15.5. The van der Waals surface area contributed by atoms with Gasteiger partial charge in [0.2, 0.25) is 5.91 Å². The SMILES string of the molecule is Cc1ccc(N2C(=O)[C@H]3[C@@H](c4ccccc4[N+](=O)[O-])N(c4ccccc4)O[C@H]3C2=O)cc1. The Labute approximate surface area is 183 Å². The predicted molar refractivity (Wildman–Crippen MR) is 117 cm³/mol. The molecule has 0 unspecified atom stereocenters. The maximum absolute atomic E-state index is 13.6. The first-order valence-corrected chi connectivity index (χ1v) is 10.2. The van der Waals surface area contributed by atoms with Crippen LogP contribution in [-0.2, 0) is 14.4 Å². The van der Waals surface area contributed by atoms with Crippen LogP contribution in [0, 0.1) is 23.0 Å². The molecule has 160 valence electrons. The second-order valence-electron chi connectivity index (χ2n) is 7.82. The molecule has 0 bridgehead atoms. The summed E-state index contributed by atoms with van der Waals surface area (Å²) in [7, 11) is 0. The van der Waals surface area contributed by atoms with Crippen LogP contribution in [0.3, 0.4) is 0 Å². The van der Waals surface area contributed by atoms with Crippen molar-refractivity contribution in [2.75, 3.05) is 9.96 Å². The maximum Gasteiger partial charge on any atom is 0.274 e. The number of imide groups is 1. The molecule has 2 amide bonds. The fraction of sp³-hybridized carbons (Fsp3) is 0.167. The number of aryl methyl sites for hydroxylation is 1. The lowest BCUT2D eigenvalue weighted by Crippen LogP contribution is -2.37. The second kappa shape index (κ2) is 7.58. The highest BCUT2D eigenvalue weighted by Gasteiger charge is 2.61. The molecule has 0 spiro atoms. The summed E-state index contributed by atoms with van der Waals surface area (Å²) in [5.41, 5.74) is 2.25. The van der Waals surface area contributed by atoms with Gasteiger partial charge < -0.3 is 0 Å². The van der Waals surface area contributed by atoms with Gasteiger partial charge in [-0.25, -0.2) is 9.96 Å². The molecule has 3 atom stereocenters. The number of benzene rings is 3. The van der Waals surface area contributed by atoms with Gasteiger partial charge in [-0.3, -0.25) is 24.5 Å². The molecule has 2 fully saturated rings. The van der Waals surface area contributed by atoms with E-state index in [2.05, 4.69) is 0 Å². The average molecular weight is 429 g/mol. The van der Waals surface area contributed by atoms with Crippen molar-refractivity contribution >= 4 is 28.9 Å². The summed E-state index contributed by atoms with van der Waals surface area (Å²) >= 11 is 0. The molecular weight excluding hydrogens is 410 g/mol. The van der Waals surface area contributed by atoms with Crippen molar-refractivity contribution in [2.24, 2.45) is 5.92 Å². The van der Waals surface area contributed by atoms with Crippen LogP contribution in [0.5, 0.6) is 0 Å². The monoisotopic (exact) mass is 429 g/mol. The number of fused-ring (bicyclic) bond motifs is 1. The number of carbonyl (C=O) groups is 2. The van der Waals surface area contributed by atoms with Gasteiger partial charge in [0.05, 0.1) is 21.9 Å². The van der Waals surface area contributed by atoms with Crippen LogP contribution < -0.4 is 9.96 Å². The van der Waals surface area contributed by atoms with Crippen molar-refractivity contribution in [3.8, 4) is 0 Å². The summed E-state index contributed by atoms with van der Waals surface area (Å²) in [6.07, 6.45) is -1.08. The second-order valence-corrected chi connectivity index (χ2v) is 7.82. The molecular formula is C24H19N3O5. The highest BCUT2D eigenvalue weighted by atomic mass is 16.7. The Bertz CT molecular complexity index is 1210. The van der Waals surface area contributed by atoms with E-state index < -0.39 is 34.8 Å². The molecule has 0 saturated carbocycles. The van der Waals surface area contributed by atoms with Crippen LogP contribution in [0.25, 0.3) is 0 Å². The Morgan fingerprint density at radius 1 is 0.844 bits per heavy atom. The Morgan fingerprint density at radius 3 is 2.19 bits per heavy atom. The highest BCUT2D eigenvalue weighted by molar-refractivity contribution is 6.24. The third-order valence-corrected chi connectivity index (χ3v) is 5.87. The number of carbonyl (C=O) groups excluding carboxylic acids is 2. The van der Waals surface area contributed by atoms with Gasteiger partial charge in [0, 0.05) is 6.07 Å². The Kier molecular flexibility index (Phi) is 4.71. The molecule has 3 aromatic carbocycles. The van der Waals surface area contributed by atoms with Gasteiger partial charge in [0.15, 0.2) is 6.10 Å². The van der Waals surface area contributed by atoms with Crippen LogP contribution in [0.4, 0.5) is 17.1 Å². The van der Waals surface area contributed by atoms with Gasteiger partial charge in [-0.2, -0.15) is 0 Å². The molecule has 2 aliphatic heterocycles. The number of hydrogen-bond donors (Lipinski definition) is 0. The van der Waals surface area contributed by atoms with Gasteiger partial charge in [-0.15, -0.1) is 0 Å². The molecule has 32 heavy (non-hydrogen) atoms. The molecule has 0 radical (unpaired) electrons. The fourth-order valence-electron chi connectivity index (χ4n) is 4.38. The number of nitro groups is 1.